The van der Waals surface area contributed by atoms with Crippen LogP contribution in [0.3, 0.4) is 0 Å². The minimum Gasteiger partial charge on any atom is -0.507 e. The minimum absolute atomic E-state index is 0.168. The molecule has 1 unspecified atom stereocenters. The molecule has 0 aliphatic heterocycles. The molecule has 0 bridgehead atoms. The van der Waals surface area contributed by atoms with Gasteiger partial charge in [0.05, 0.1) is 7.11 Å². The Morgan fingerprint density at radius 2 is 1.94 bits per heavy atom. The van der Waals surface area contributed by atoms with Gasteiger partial charge in [-0.3, -0.25) is 4.79 Å². The van der Waals surface area contributed by atoms with Gasteiger partial charge in [-0.05, 0) is 75.1 Å². The van der Waals surface area contributed by atoms with E-state index in [-0.39, 0.29) is 17.2 Å². The van der Waals surface area contributed by atoms with Crippen LogP contribution in [0.15, 0.2) is 31.9 Å². The highest BCUT2D eigenvalue weighted by Gasteiger charge is 2.22. The van der Waals surface area contributed by atoms with Crippen LogP contribution in [-0.4, -0.2) is 30.3 Å². The first-order valence-corrected chi connectivity index (χ1v) is 12.6. The van der Waals surface area contributed by atoms with E-state index >= 15 is 0 Å². The summed E-state index contributed by atoms with van der Waals surface area (Å²) >= 11 is 1.64. The van der Waals surface area contributed by atoms with Crippen molar-refractivity contribution in [2.24, 2.45) is 10.9 Å². The van der Waals surface area contributed by atoms with E-state index in [0.717, 1.165) is 23.3 Å². The Morgan fingerprint density at radius 1 is 1.23 bits per heavy atom. The van der Waals surface area contributed by atoms with E-state index in [9.17, 15) is 19.5 Å². The molecule has 2 rings (SSSR count). The smallest absolute Gasteiger partial charge is 0.432 e. The number of nitrogens with zero attached hydrogens (tertiary/aromatic N) is 1. The summed E-state index contributed by atoms with van der Waals surface area (Å²) in [5.41, 5.74) is 0.239. The standard InChI is InChI=1S/C27H35NO6S/c1-16(2)10-11-20-13-18(4)23(35-20)14-19(5)25(30)24-21(29)15-22(34-26(24)31)17(3)9-7-8-12-28-27(32)33-6/h12-17,29H,7-11H2,1-6H3. The maximum atomic E-state index is 13.0. The van der Waals surface area contributed by atoms with Gasteiger partial charge in [-0.2, -0.15) is 4.99 Å². The Balaban J connectivity index is 2.12. The van der Waals surface area contributed by atoms with Gasteiger partial charge in [-0.15, -0.1) is 11.3 Å². The Kier molecular flexibility index (Phi) is 10.6. The van der Waals surface area contributed by atoms with Crippen LogP contribution in [0.1, 0.15) is 90.7 Å². The zero-order valence-electron chi connectivity index (χ0n) is 21.3. The van der Waals surface area contributed by atoms with Gasteiger partial charge >= 0.3 is 11.7 Å². The third-order valence-electron chi connectivity index (χ3n) is 5.69. The van der Waals surface area contributed by atoms with Gasteiger partial charge < -0.3 is 14.3 Å². The average molecular weight is 502 g/mol. The summed E-state index contributed by atoms with van der Waals surface area (Å²) in [7, 11) is 1.26. The maximum absolute atomic E-state index is 13.0. The van der Waals surface area contributed by atoms with Gasteiger partial charge in [0.2, 0.25) is 0 Å². The number of allylic oxidation sites excluding steroid dienone is 1. The highest BCUT2D eigenvalue weighted by atomic mass is 32.1. The molecule has 0 saturated carbocycles. The van der Waals surface area contributed by atoms with Crippen molar-refractivity contribution in [1.82, 2.24) is 0 Å². The van der Waals surface area contributed by atoms with Crippen LogP contribution >= 0.6 is 11.3 Å². The van der Waals surface area contributed by atoms with Crippen molar-refractivity contribution >= 4 is 35.5 Å². The lowest BCUT2D eigenvalue weighted by atomic mass is 9.99. The SMILES string of the molecule is COC(=O)N=CCCCC(C)c1cc(O)c(C(=O)C(C)=Cc2sc(CCC(C)C)cc2C)c(=O)o1. The number of unbranched alkanes of at least 4 members (excludes halogenated alkanes) is 1. The molecule has 8 heteroatoms. The molecule has 2 aromatic heterocycles. The molecule has 190 valence electrons. The zero-order chi connectivity index (χ0) is 26.1. The number of ketones is 1. The first-order chi connectivity index (χ1) is 16.5. The molecule has 0 aromatic carbocycles. The van der Waals surface area contributed by atoms with Crippen LogP contribution in [0.25, 0.3) is 6.08 Å². The van der Waals surface area contributed by atoms with E-state index in [1.54, 1.807) is 24.3 Å². The highest BCUT2D eigenvalue weighted by molar-refractivity contribution is 7.13. The summed E-state index contributed by atoms with van der Waals surface area (Å²) in [6.45, 7) is 9.88. The number of carbonyl (C=O) groups excluding carboxylic acids is 2. The zero-order valence-corrected chi connectivity index (χ0v) is 22.2. The van der Waals surface area contributed by atoms with Crippen LogP contribution in [-0.2, 0) is 11.2 Å². The Hall–Kier alpha value is -3.00. The van der Waals surface area contributed by atoms with Crippen molar-refractivity contribution in [3.05, 3.63) is 54.8 Å². The van der Waals surface area contributed by atoms with Crippen LogP contribution in [0, 0.1) is 12.8 Å². The number of thiophene rings is 1. The van der Waals surface area contributed by atoms with Gasteiger partial charge in [0.1, 0.15) is 17.1 Å². The molecule has 0 aliphatic carbocycles. The second-order valence-electron chi connectivity index (χ2n) is 9.16. The van der Waals surface area contributed by atoms with Crippen LogP contribution < -0.4 is 5.63 Å². The quantitative estimate of drug-likeness (QED) is 0.159. The number of aliphatic imine (C=N–C) groups is 1. The number of hydrogen-bond acceptors (Lipinski definition) is 7. The topological polar surface area (TPSA) is 106 Å². The van der Waals surface area contributed by atoms with E-state index in [4.69, 9.17) is 4.42 Å². The van der Waals surface area contributed by atoms with E-state index in [1.165, 1.54) is 24.3 Å². The lowest BCUT2D eigenvalue weighted by Crippen LogP contribution is -2.16. The molecule has 35 heavy (non-hydrogen) atoms. The Labute approximate surface area is 210 Å². The van der Waals surface area contributed by atoms with Gasteiger partial charge in [0.15, 0.2) is 5.78 Å². The van der Waals surface area contributed by atoms with Gasteiger partial charge in [0, 0.05) is 28.0 Å². The van der Waals surface area contributed by atoms with E-state index in [2.05, 4.69) is 29.6 Å². The number of ether oxygens (including phenoxy) is 1. The number of aryl methyl sites for hydroxylation is 2. The summed E-state index contributed by atoms with van der Waals surface area (Å²) in [5.74, 6) is -0.175. The second kappa shape index (κ2) is 13.2. The molecule has 0 saturated heterocycles. The lowest BCUT2D eigenvalue weighted by Gasteiger charge is -2.11. The monoisotopic (exact) mass is 501 g/mol. The lowest BCUT2D eigenvalue weighted by molar-refractivity contribution is 0.102. The summed E-state index contributed by atoms with van der Waals surface area (Å²) in [4.78, 5) is 42.4. The van der Waals surface area contributed by atoms with Crippen LogP contribution in [0.2, 0.25) is 0 Å². The Bertz CT molecular complexity index is 1150. The van der Waals surface area contributed by atoms with Crippen molar-refractivity contribution in [2.75, 3.05) is 7.11 Å². The number of aromatic hydroxyl groups is 1. The second-order valence-corrected chi connectivity index (χ2v) is 10.3. The van der Waals surface area contributed by atoms with Gasteiger partial charge in [0.25, 0.3) is 0 Å². The molecule has 0 aliphatic rings. The molecule has 0 spiro atoms. The normalized spacial score (nSPS) is 12.9. The molecular formula is C27H35NO6S. The molecule has 2 heterocycles. The van der Waals surface area contributed by atoms with Gasteiger partial charge in [-0.1, -0.05) is 20.8 Å². The predicted molar refractivity (Wildman–Crippen MR) is 140 cm³/mol. The molecule has 0 fully saturated rings. The fraction of sp³-hybridized carbons (Fsp3) is 0.481. The summed E-state index contributed by atoms with van der Waals surface area (Å²) in [5, 5.41) is 10.5. The molecule has 1 N–H and O–H groups in total. The van der Waals surface area contributed by atoms with Gasteiger partial charge in [-0.25, -0.2) is 9.59 Å². The maximum Gasteiger partial charge on any atom is 0.432 e. The van der Waals surface area contributed by atoms with Crippen molar-refractivity contribution in [1.29, 1.82) is 0 Å². The summed E-state index contributed by atoms with van der Waals surface area (Å²) < 4.78 is 9.83. The van der Waals surface area contributed by atoms with Crippen molar-refractivity contribution in [3.8, 4) is 5.75 Å². The molecule has 1 amide bonds. The highest BCUT2D eigenvalue weighted by Crippen LogP contribution is 2.29. The number of carbonyl (C=O) groups is 2. The fourth-order valence-electron chi connectivity index (χ4n) is 3.52. The van der Waals surface area contributed by atoms with Crippen LogP contribution in [0.4, 0.5) is 4.79 Å². The number of rotatable bonds is 11. The third kappa shape index (κ3) is 8.31. The predicted octanol–water partition coefficient (Wildman–Crippen LogP) is 6.70. The first kappa shape index (κ1) is 28.2. The van der Waals surface area contributed by atoms with Crippen molar-refractivity contribution < 1.29 is 23.8 Å². The van der Waals surface area contributed by atoms with Crippen molar-refractivity contribution in [3.63, 3.8) is 0 Å². The summed E-state index contributed by atoms with van der Waals surface area (Å²) in [6.07, 6.45) is 6.57. The first-order valence-electron chi connectivity index (χ1n) is 11.8. The van der Waals surface area contributed by atoms with E-state index in [0.29, 0.717) is 36.5 Å². The molecule has 0 radical (unpaired) electrons. The fourth-order valence-corrected chi connectivity index (χ4v) is 4.71. The van der Waals surface area contributed by atoms with Crippen LogP contribution in [0.5, 0.6) is 5.75 Å². The number of Topliss-reactive ketones (excluding diaryl/α,β-unsaturated/α-hetero) is 1. The molecular weight excluding hydrogens is 466 g/mol. The number of amides is 1. The molecule has 2 aromatic rings. The summed E-state index contributed by atoms with van der Waals surface area (Å²) in [6, 6.07) is 3.48. The Morgan fingerprint density at radius 3 is 2.57 bits per heavy atom. The van der Waals surface area contributed by atoms with E-state index < -0.39 is 17.5 Å². The molecule has 7 nitrogen and oxygen atoms in total. The average Bonchev–Trinajstić information content (AvgIpc) is 3.15. The number of methoxy groups -OCH3 is 1. The van der Waals surface area contributed by atoms with E-state index in [1.807, 2.05) is 13.8 Å². The largest absolute Gasteiger partial charge is 0.507 e. The minimum atomic E-state index is -0.850. The number of hydrogen-bond donors (Lipinski definition) is 1. The van der Waals surface area contributed by atoms with Crippen molar-refractivity contribution in [2.45, 2.75) is 72.6 Å². The third-order valence-corrected chi connectivity index (χ3v) is 6.93. The molecule has 1 atom stereocenters.